The van der Waals surface area contributed by atoms with Crippen LogP contribution in [0.2, 0.25) is 0 Å². The van der Waals surface area contributed by atoms with Crippen LogP contribution < -0.4 is 0 Å². The summed E-state index contributed by atoms with van der Waals surface area (Å²) in [5.74, 6) is -1.37. The SMILES string of the molecule is CC(CCC[N+](=O)[O-])C(=O)O. The number of hydrogen-bond acceptors (Lipinski definition) is 3. The fraction of sp³-hybridized carbons (Fsp3) is 0.833. The van der Waals surface area contributed by atoms with Crippen LogP contribution in [-0.2, 0) is 4.79 Å². The Morgan fingerprint density at radius 1 is 1.73 bits per heavy atom. The summed E-state index contributed by atoms with van der Waals surface area (Å²) in [4.78, 5) is 19.6. The van der Waals surface area contributed by atoms with E-state index in [2.05, 4.69) is 0 Å². The number of carboxylic acids is 1. The molecular formula is C6H11NO4. The van der Waals surface area contributed by atoms with Gasteiger partial charge in [0.2, 0.25) is 6.54 Å². The predicted molar refractivity (Wildman–Crippen MR) is 37.9 cm³/mol. The Bertz CT molecular complexity index is 157. The van der Waals surface area contributed by atoms with Gasteiger partial charge < -0.3 is 5.11 Å². The molecule has 1 unspecified atom stereocenters. The summed E-state index contributed by atoms with van der Waals surface area (Å²) in [6.07, 6.45) is 0.705. The van der Waals surface area contributed by atoms with Crippen LogP contribution in [0.1, 0.15) is 19.8 Å². The minimum Gasteiger partial charge on any atom is -0.481 e. The highest BCUT2D eigenvalue weighted by Gasteiger charge is 2.11. The quantitative estimate of drug-likeness (QED) is 0.476. The molecule has 0 saturated heterocycles. The average Bonchev–Trinajstić information content (AvgIpc) is 1.86. The number of carbonyl (C=O) groups is 1. The largest absolute Gasteiger partial charge is 0.481 e. The Labute approximate surface area is 64.2 Å². The van der Waals surface area contributed by atoms with Gasteiger partial charge in [0.25, 0.3) is 0 Å². The first kappa shape index (κ1) is 9.87. The Kier molecular flexibility index (Phi) is 4.17. The number of rotatable bonds is 5. The molecule has 0 rings (SSSR count). The Balaban J connectivity index is 3.39. The molecule has 11 heavy (non-hydrogen) atoms. The van der Waals surface area contributed by atoms with Crippen molar-refractivity contribution in [3.8, 4) is 0 Å². The van der Waals surface area contributed by atoms with Gasteiger partial charge >= 0.3 is 5.97 Å². The van der Waals surface area contributed by atoms with Crippen LogP contribution in [0.4, 0.5) is 0 Å². The maximum absolute atomic E-state index is 10.2. The molecule has 0 aliphatic carbocycles. The van der Waals surface area contributed by atoms with E-state index in [-0.39, 0.29) is 6.54 Å². The number of nitrogens with zero attached hydrogens (tertiary/aromatic N) is 1. The lowest BCUT2D eigenvalue weighted by molar-refractivity contribution is -0.480. The molecule has 1 N–H and O–H groups in total. The molecule has 0 aromatic heterocycles. The van der Waals surface area contributed by atoms with E-state index < -0.39 is 16.8 Å². The molecular weight excluding hydrogens is 150 g/mol. The monoisotopic (exact) mass is 161 g/mol. The molecule has 0 bridgehead atoms. The van der Waals surface area contributed by atoms with E-state index in [1.54, 1.807) is 6.92 Å². The van der Waals surface area contributed by atoms with Gasteiger partial charge in [0.15, 0.2) is 0 Å². The van der Waals surface area contributed by atoms with Crippen LogP contribution >= 0.6 is 0 Å². The Morgan fingerprint density at radius 2 is 2.27 bits per heavy atom. The normalized spacial score (nSPS) is 12.5. The van der Waals surface area contributed by atoms with Crippen molar-refractivity contribution in [3.05, 3.63) is 10.1 Å². The maximum atomic E-state index is 10.2. The molecule has 0 aliphatic rings. The highest BCUT2D eigenvalue weighted by Crippen LogP contribution is 2.04. The Hall–Kier alpha value is -1.13. The van der Waals surface area contributed by atoms with Crippen LogP contribution in [0.3, 0.4) is 0 Å². The third kappa shape index (κ3) is 5.32. The van der Waals surface area contributed by atoms with Gasteiger partial charge in [0, 0.05) is 11.3 Å². The lowest BCUT2D eigenvalue weighted by Crippen LogP contribution is -2.11. The number of aliphatic carboxylic acids is 1. The third-order valence-corrected chi connectivity index (χ3v) is 1.40. The molecule has 0 fully saturated rings. The zero-order chi connectivity index (χ0) is 8.85. The second-order valence-electron chi connectivity index (χ2n) is 2.44. The van der Waals surface area contributed by atoms with E-state index in [9.17, 15) is 14.9 Å². The third-order valence-electron chi connectivity index (χ3n) is 1.40. The minimum absolute atomic E-state index is 0.141. The lowest BCUT2D eigenvalue weighted by Gasteiger charge is -2.01. The molecule has 5 nitrogen and oxygen atoms in total. The van der Waals surface area contributed by atoms with E-state index in [0.29, 0.717) is 12.8 Å². The molecule has 0 amide bonds. The standard InChI is InChI=1S/C6H11NO4/c1-5(6(8)9)3-2-4-7(10)11/h5H,2-4H2,1H3,(H,8,9). The van der Waals surface area contributed by atoms with Crippen molar-refractivity contribution in [2.24, 2.45) is 5.92 Å². The average molecular weight is 161 g/mol. The van der Waals surface area contributed by atoms with E-state index >= 15 is 0 Å². The molecule has 0 aromatic rings. The van der Waals surface area contributed by atoms with Crippen molar-refractivity contribution in [1.29, 1.82) is 0 Å². The van der Waals surface area contributed by atoms with Crippen molar-refractivity contribution in [2.45, 2.75) is 19.8 Å². The van der Waals surface area contributed by atoms with Gasteiger partial charge in [0.05, 0.1) is 5.92 Å². The predicted octanol–water partition coefficient (Wildman–Crippen LogP) is 0.764. The second kappa shape index (κ2) is 4.65. The van der Waals surface area contributed by atoms with Crippen LogP contribution in [0.25, 0.3) is 0 Å². The van der Waals surface area contributed by atoms with Gasteiger partial charge in [-0.15, -0.1) is 0 Å². The number of hydrogen-bond donors (Lipinski definition) is 1. The lowest BCUT2D eigenvalue weighted by atomic mass is 10.1. The van der Waals surface area contributed by atoms with Crippen LogP contribution in [0.15, 0.2) is 0 Å². The zero-order valence-corrected chi connectivity index (χ0v) is 6.32. The molecule has 0 spiro atoms. The fourth-order valence-corrected chi connectivity index (χ4v) is 0.650. The van der Waals surface area contributed by atoms with Crippen molar-refractivity contribution in [1.82, 2.24) is 0 Å². The van der Waals surface area contributed by atoms with Crippen LogP contribution in [0, 0.1) is 16.0 Å². The first-order valence-corrected chi connectivity index (χ1v) is 3.38. The summed E-state index contributed by atoms with van der Waals surface area (Å²) in [5, 5.41) is 18.2. The van der Waals surface area contributed by atoms with Gasteiger partial charge in [-0.05, 0) is 6.42 Å². The molecule has 0 aromatic carbocycles. The first-order chi connectivity index (χ1) is 5.04. The summed E-state index contributed by atoms with van der Waals surface area (Å²) in [6, 6.07) is 0. The molecule has 5 heteroatoms. The summed E-state index contributed by atoms with van der Waals surface area (Å²) in [6.45, 7) is 1.40. The van der Waals surface area contributed by atoms with Crippen LogP contribution in [0.5, 0.6) is 0 Å². The van der Waals surface area contributed by atoms with E-state index in [0.717, 1.165) is 0 Å². The first-order valence-electron chi connectivity index (χ1n) is 3.38. The smallest absolute Gasteiger partial charge is 0.306 e. The fourth-order valence-electron chi connectivity index (χ4n) is 0.650. The summed E-state index contributed by atoms with van der Waals surface area (Å²) >= 11 is 0. The van der Waals surface area contributed by atoms with E-state index in [4.69, 9.17) is 5.11 Å². The minimum atomic E-state index is -0.895. The number of nitro groups is 1. The van der Waals surface area contributed by atoms with Crippen molar-refractivity contribution in [2.75, 3.05) is 6.54 Å². The highest BCUT2D eigenvalue weighted by atomic mass is 16.6. The van der Waals surface area contributed by atoms with E-state index in [1.165, 1.54) is 0 Å². The van der Waals surface area contributed by atoms with Gasteiger partial charge in [-0.1, -0.05) is 6.92 Å². The van der Waals surface area contributed by atoms with Gasteiger partial charge in [-0.25, -0.2) is 0 Å². The van der Waals surface area contributed by atoms with Gasteiger partial charge in [0.1, 0.15) is 0 Å². The summed E-state index contributed by atoms with van der Waals surface area (Å²) < 4.78 is 0. The highest BCUT2D eigenvalue weighted by molar-refractivity contribution is 5.69. The molecule has 64 valence electrons. The van der Waals surface area contributed by atoms with E-state index in [1.807, 2.05) is 0 Å². The number of carboxylic acid groups (broad SMARTS) is 1. The zero-order valence-electron chi connectivity index (χ0n) is 6.32. The topological polar surface area (TPSA) is 80.4 Å². The molecule has 1 atom stereocenters. The molecule has 0 saturated carbocycles. The summed E-state index contributed by atoms with van der Waals surface area (Å²) in [5.41, 5.74) is 0. The van der Waals surface area contributed by atoms with Crippen molar-refractivity contribution < 1.29 is 14.8 Å². The van der Waals surface area contributed by atoms with Crippen molar-refractivity contribution >= 4 is 5.97 Å². The van der Waals surface area contributed by atoms with Crippen LogP contribution in [-0.4, -0.2) is 22.5 Å². The molecule has 0 radical (unpaired) electrons. The van der Waals surface area contributed by atoms with Gasteiger partial charge in [-0.2, -0.15) is 0 Å². The second-order valence-corrected chi connectivity index (χ2v) is 2.44. The van der Waals surface area contributed by atoms with Crippen molar-refractivity contribution in [3.63, 3.8) is 0 Å². The molecule has 0 aliphatic heterocycles. The molecule has 0 heterocycles. The Morgan fingerprint density at radius 3 is 2.64 bits per heavy atom. The van der Waals surface area contributed by atoms with Gasteiger partial charge in [-0.3, -0.25) is 14.9 Å². The maximum Gasteiger partial charge on any atom is 0.306 e. The summed E-state index contributed by atoms with van der Waals surface area (Å²) in [7, 11) is 0.